The lowest BCUT2D eigenvalue weighted by Crippen LogP contribution is -2.39. The van der Waals surface area contributed by atoms with Crippen molar-refractivity contribution in [2.75, 3.05) is 13.7 Å². The fourth-order valence-electron chi connectivity index (χ4n) is 1.41. The van der Waals surface area contributed by atoms with Crippen LogP contribution >= 0.6 is 11.6 Å². The van der Waals surface area contributed by atoms with E-state index in [1.54, 1.807) is 6.07 Å². The van der Waals surface area contributed by atoms with Crippen LogP contribution in [0.25, 0.3) is 0 Å². The molecular formula is C14H14ClNO4. The van der Waals surface area contributed by atoms with Crippen LogP contribution in [0, 0.1) is 11.8 Å². The van der Waals surface area contributed by atoms with Crippen molar-refractivity contribution in [2.24, 2.45) is 0 Å². The smallest absolute Gasteiger partial charge is 0.328 e. The van der Waals surface area contributed by atoms with Gasteiger partial charge < -0.3 is 15.2 Å². The molecule has 0 radical (unpaired) electrons. The van der Waals surface area contributed by atoms with E-state index in [0.717, 1.165) is 0 Å². The number of benzene rings is 1. The Hall–Kier alpha value is -2.03. The van der Waals surface area contributed by atoms with Crippen LogP contribution in [0.1, 0.15) is 22.8 Å². The normalized spacial score (nSPS) is 11.0. The average molecular weight is 296 g/mol. The molecule has 1 aromatic carbocycles. The molecule has 2 N–H and O–H groups in total. The number of hydrogen-bond donors (Lipinski definition) is 2. The molecule has 6 heteroatoms. The molecule has 1 atom stereocenters. The summed E-state index contributed by atoms with van der Waals surface area (Å²) >= 11 is 5.98. The van der Waals surface area contributed by atoms with Gasteiger partial charge in [-0.15, -0.1) is 0 Å². The number of nitrogens with one attached hydrogen (secondary N) is 1. The Morgan fingerprint density at radius 2 is 2.20 bits per heavy atom. The molecule has 20 heavy (non-hydrogen) atoms. The van der Waals surface area contributed by atoms with Crippen molar-refractivity contribution >= 4 is 23.5 Å². The predicted molar refractivity (Wildman–Crippen MR) is 74.4 cm³/mol. The first kappa shape index (κ1) is 16.0. The number of amides is 1. The van der Waals surface area contributed by atoms with Gasteiger partial charge in [0.2, 0.25) is 0 Å². The van der Waals surface area contributed by atoms with Gasteiger partial charge in [-0.25, -0.2) is 4.79 Å². The first-order valence-corrected chi connectivity index (χ1v) is 6.15. The highest BCUT2D eigenvalue weighted by Gasteiger charge is 2.17. The highest BCUT2D eigenvalue weighted by atomic mass is 35.5. The number of aliphatic hydroxyl groups excluding tert-OH is 1. The molecule has 1 aromatic rings. The zero-order valence-corrected chi connectivity index (χ0v) is 11.8. The summed E-state index contributed by atoms with van der Waals surface area (Å²) in [6, 6.07) is 3.80. The summed E-state index contributed by atoms with van der Waals surface area (Å²) in [6.07, 6.45) is 0. The summed E-state index contributed by atoms with van der Waals surface area (Å²) in [6.45, 7) is 1.25. The van der Waals surface area contributed by atoms with Gasteiger partial charge in [-0.1, -0.05) is 23.4 Å². The van der Waals surface area contributed by atoms with Crippen LogP contribution in [0.3, 0.4) is 0 Å². The van der Waals surface area contributed by atoms with Crippen molar-refractivity contribution in [1.82, 2.24) is 5.32 Å². The first-order chi connectivity index (χ1) is 9.49. The van der Waals surface area contributed by atoms with Gasteiger partial charge in [-0.2, -0.15) is 0 Å². The van der Waals surface area contributed by atoms with Crippen LogP contribution in [0.5, 0.6) is 0 Å². The minimum Gasteiger partial charge on any atom is -0.467 e. The Morgan fingerprint density at radius 1 is 1.50 bits per heavy atom. The van der Waals surface area contributed by atoms with Gasteiger partial charge in [-0.05, 0) is 25.1 Å². The molecule has 0 heterocycles. The summed E-state index contributed by atoms with van der Waals surface area (Å²) in [7, 11) is 1.25. The summed E-state index contributed by atoms with van der Waals surface area (Å²) in [5.74, 6) is 4.16. The number of halogens is 1. The second kappa shape index (κ2) is 7.53. The molecule has 0 aromatic heterocycles. The predicted octanol–water partition coefficient (Wildman–Crippen LogP) is 0.975. The van der Waals surface area contributed by atoms with E-state index in [9.17, 15) is 9.59 Å². The van der Waals surface area contributed by atoms with Gasteiger partial charge in [0.15, 0.2) is 0 Å². The third kappa shape index (κ3) is 4.26. The zero-order valence-electron chi connectivity index (χ0n) is 11.1. The number of esters is 1. The fourth-order valence-corrected chi connectivity index (χ4v) is 1.64. The second-order valence-electron chi connectivity index (χ2n) is 3.87. The van der Waals surface area contributed by atoms with Crippen LogP contribution < -0.4 is 5.32 Å². The highest BCUT2D eigenvalue weighted by Crippen LogP contribution is 2.17. The maximum Gasteiger partial charge on any atom is 0.328 e. The molecular weight excluding hydrogens is 282 g/mol. The Kier molecular flexibility index (Phi) is 6.04. The fraction of sp³-hybridized carbons (Fsp3) is 0.286. The quantitative estimate of drug-likeness (QED) is 0.644. The average Bonchev–Trinajstić information content (AvgIpc) is 2.44. The highest BCUT2D eigenvalue weighted by molar-refractivity contribution is 6.32. The van der Waals surface area contributed by atoms with E-state index < -0.39 is 17.9 Å². The molecule has 0 bridgehead atoms. The third-order valence-corrected chi connectivity index (χ3v) is 2.75. The van der Waals surface area contributed by atoms with Crippen molar-refractivity contribution in [3.8, 4) is 11.8 Å². The molecule has 1 unspecified atom stereocenters. The van der Waals surface area contributed by atoms with E-state index in [2.05, 4.69) is 21.9 Å². The number of methoxy groups -OCH3 is 1. The Labute approximate surface area is 121 Å². The lowest BCUT2D eigenvalue weighted by molar-refractivity contribution is -0.142. The largest absolute Gasteiger partial charge is 0.467 e. The van der Waals surface area contributed by atoms with Gasteiger partial charge in [0.1, 0.15) is 12.6 Å². The van der Waals surface area contributed by atoms with Gasteiger partial charge in [0.05, 0.1) is 12.1 Å². The van der Waals surface area contributed by atoms with Gasteiger partial charge in [-0.3, -0.25) is 4.79 Å². The monoisotopic (exact) mass is 295 g/mol. The van der Waals surface area contributed by atoms with Crippen molar-refractivity contribution in [1.29, 1.82) is 0 Å². The minimum absolute atomic E-state index is 0.269. The van der Waals surface area contributed by atoms with Crippen molar-refractivity contribution in [2.45, 2.75) is 13.0 Å². The molecule has 0 saturated heterocycles. The maximum atomic E-state index is 11.9. The molecule has 1 rings (SSSR count). The van der Waals surface area contributed by atoms with E-state index in [0.29, 0.717) is 16.1 Å². The Morgan fingerprint density at radius 3 is 2.75 bits per heavy atom. The number of carbonyl (C=O) groups excluding carboxylic acids is 2. The van der Waals surface area contributed by atoms with Crippen LogP contribution in [0.15, 0.2) is 18.2 Å². The van der Waals surface area contributed by atoms with Gasteiger partial charge in [0.25, 0.3) is 5.91 Å². The Balaban J connectivity index is 2.85. The molecule has 0 aliphatic rings. The SMILES string of the molecule is COC(=O)C(C)NC(=O)c1ccc(C#CCO)c(Cl)c1. The Bertz CT molecular complexity index is 574. The van der Waals surface area contributed by atoms with Crippen molar-refractivity contribution in [3.63, 3.8) is 0 Å². The minimum atomic E-state index is -0.750. The van der Waals surface area contributed by atoms with Crippen LogP contribution in [0.4, 0.5) is 0 Å². The number of carbonyl (C=O) groups is 2. The van der Waals surface area contributed by atoms with Crippen LogP contribution in [0.2, 0.25) is 5.02 Å². The van der Waals surface area contributed by atoms with Crippen molar-refractivity contribution in [3.05, 3.63) is 34.3 Å². The van der Waals surface area contributed by atoms with Crippen molar-refractivity contribution < 1.29 is 19.4 Å². The maximum absolute atomic E-state index is 11.9. The van der Waals surface area contributed by atoms with E-state index in [1.807, 2.05) is 0 Å². The summed E-state index contributed by atoms with van der Waals surface area (Å²) in [5, 5.41) is 11.4. The molecule has 0 fully saturated rings. The van der Waals surface area contributed by atoms with Gasteiger partial charge in [0, 0.05) is 11.1 Å². The third-order valence-electron chi connectivity index (χ3n) is 2.44. The lowest BCUT2D eigenvalue weighted by atomic mass is 10.1. The number of aliphatic hydroxyl groups is 1. The molecule has 1 amide bonds. The summed E-state index contributed by atoms with van der Waals surface area (Å²) in [4.78, 5) is 23.1. The van der Waals surface area contributed by atoms with Crippen LogP contribution in [-0.4, -0.2) is 36.7 Å². The molecule has 0 aliphatic heterocycles. The number of rotatable bonds is 3. The summed E-state index contributed by atoms with van der Waals surface area (Å²) in [5.41, 5.74) is 0.818. The molecule has 0 saturated carbocycles. The van der Waals surface area contributed by atoms with Crippen LogP contribution in [-0.2, 0) is 9.53 Å². The first-order valence-electron chi connectivity index (χ1n) is 5.77. The molecule has 0 aliphatic carbocycles. The second-order valence-corrected chi connectivity index (χ2v) is 4.28. The summed E-state index contributed by atoms with van der Waals surface area (Å²) < 4.78 is 4.51. The molecule has 0 spiro atoms. The number of hydrogen-bond acceptors (Lipinski definition) is 4. The topological polar surface area (TPSA) is 75.6 Å². The standard InChI is InChI=1S/C14H14ClNO4/c1-9(14(19)20-2)16-13(18)11-6-5-10(4-3-7-17)12(15)8-11/h5-6,8-9,17H,7H2,1-2H3,(H,16,18). The van der Waals surface area contributed by atoms with E-state index in [4.69, 9.17) is 16.7 Å². The molecule has 5 nitrogen and oxygen atoms in total. The lowest BCUT2D eigenvalue weighted by Gasteiger charge is -2.11. The van der Waals surface area contributed by atoms with E-state index >= 15 is 0 Å². The van der Waals surface area contributed by atoms with E-state index in [1.165, 1.54) is 26.2 Å². The zero-order chi connectivity index (χ0) is 15.1. The molecule has 106 valence electrons. The van der Waals surface area contributed by atoms with Gasteiger partial charge >= 0.3 is 5.97 Å². The van der Waals surface area contributed by atoms with E-state index in [-0.39, 0.29) is 6.61 Å². The number of ether oxygens (including phenoxy) is 1.